The van der Waals surface area contributed by atoms with Crippen LogP contribution >= 0.6 is 0 Å². The van der Waals surface area contributed by atoms with Crippen molar-refractivity contribution in [2.75, 3.05) is 0 Å². The van der Waals surface area contributed by atoms with Gasteiger partial charge in [0.25, 0.3) is 11.2 Å². The first-order valence-corrected chi connectivity index (χ1v) is 8.43. The highest BCUT2D eigenvalue weighted by atomic mass is 19.1. The number of benzene rings is 2. The Bertz CT molecular complexity index is 1330. The molecule has 0 radical (unpaired) electrons. The van der Waals surface area contributed by atoms with E-state index in [9.17, 15) is 23.7 Å². The molecule has 0 spiro atoms. The monoisotopic (exact) mass is 397 g/mol. The fourth-order valence-electron chi connectivity index (χ4n) is 3.19. The van der Waals surface area contributed by atoms with Crippen LogP contribution in [0.5, 0.6) is 11.5 Å². The summed E-state index contributed by atoms with van der Waals surface area (Å²) in [6.07, 6.45) is 3.10. The number of nitrogens with zero attached hydrogens (tertiary/aromatic N) is 2. The van der Waals surface area contributed by atoms with Gasteiger partial charge in [0, 0.05) is 54.2 Å². The Morgan fingerprint density at radius 2 is 1.83 bits per heavy atom. The number of nitro benzene ring substituents is 1. The summed E-state index contributed by atoms with van der Waals surface area (Å²) >= 11 is 0. The minimum absolute atomic E-state index is 0.119. The minimum Gasteiger partial charge on any atom is -0.454 e. The molecule has 0 saturated heterocycles. The third kappa shape index (κ3) is 3.22. The highest BCUT2D eigenvalue weighted by Crippen LogP contribution is 2.40. The smallest absolute Gasteiger partial charge is 0.272 e. The van der Waals surface area contributed by atoms with Crippen LogP contribution in [0.1, 0.15) is 0 Å². The molecule has 0 amide bonds. The molecule has 29 heavy (non-hydrogen) atoms. The van der Waals surface area contributed by atoms with Gasteiger partial charge in [-0.25, -0.2) is 8.78 Å². The normalized spacial score (nSPS) is 11.0. The van der Waals surface area contributed by atoms with Gasteiger partial charge < -0.3 is 14.3 Å². The lowest BCUT2D eigenvalue weighted by Crippen LogP contribution is -2.07. The van der Waals surface area contributed by atoms with Crippen LogP contribution < -0.4 is 10.3 Å². The van der Waals surface area contributed by atoms with Gasteiger partial charge >= 0.3 is 0 Å². The molecule has 2 aromatic carbocycles. The number of H-pyrrole nitrogens is 1. The molecule has 0 aliphatic carbocycles. The number of aromatic amines is 1. The van der Waals surface area contributed by atoms with E-state index in [1.54, 1.807) is 23.9 Å². The highest BCUT2D eigenvalue weighted by molar-refractivity contribution is 5.97. The van der Waals surface area contributed by atoms with Crippen LogP contribution in [0.3, 0.4) is 0 Å². The van der Waals surface area contributed by atoms with Crippen molar-refractivity contribution >= 4 is 16.6 Å². The van der Waals surface area contributed by atoms with E-state index in [-0.39, 0.29) is 22.7 Å². The van der Waals surface area contributed by atoms with Crippen molar-refractivity contribution in [2.45, 2.75) is 0 Å². The number of hydrogen-bond acceptors (Lipinski definition) is 4. The standard InChI is InChI=1S/C20H13F2N3O4/c1-24-10-15(13-6-7-23-20(26)19(13)24)14-9-12(25(27)28)3-5-17(14)29-18-4-2-11(21)8-16(18)22/h2-10H,1H3,(H,23,26). The van der Waals surface area contributed by atoms with Crippen LogP contribution in [0, 0.1) is 21.7 Å². The molecular formula is C20H13F2N3O4. The van der Waals surface area contributed by atoms with Gasteiger partial charge in [0.05, 0.1) is 4.92 Å². The number of aromatic nitrogens is 2. The second kappa shape index (κ2) is 6.86. The number of nitrogens with one attached hydrogen (secondary N) is 1. The Labute approximate surface area is 161 Å². The van der Waals surface area contributed by atoms with Crippen LogP contribution in [0.2, 0.25) is 0 Å². The summed E-state index contributed by atoms with van der Waals surface area (Å²) in [4.78, 5) is 25.5. The highest BCUT2D eigenvalue weighted by Gasteiger charge is 2.20. The largest absolute Gasteiger partial charge is 0.454 e. The molecular weight excluding hydrogens is 384 g/mol. The fraction of sp³-hybridized carbons (Fsp3) is 0.0500. The predicted molar refractivity (Wildman–Crippen MR) is 102 cm³/mol. The van der Waals surface area contributed by atoms with E-state index in [0.717, 1.165) is 12.1 Å². The SMILES string of the molecule is Cn1cc(-c2cc([N+](=O)[O-])ccc2Oc2ccc(F)cc2F)c2cc[nH]c(=O)c21. The van der Waals surface area contributed by atoms with E-state index in [2.05, 4.69) is 4.98 Å². The van der Waals surface area contributed by atoms with Gasteiger partial charge in [-0.3, -0.25) is 14.9 Å². The number of fused-ring (bicyclic) bond motifs is 1. The van der Waals surface area contributed by atoms with Gasteiger partial charge in [0.1, 0.15) is 17.1 Å². The van der Waals surface area contributed by atoms with Crippen LogP contribution in [0.25, 0.3) is 22.0 Å². The number of hydrogen-bond donors (Lipinski definition) is 1. The maximum absolute atomic E-state index is 14.1. The average Bonchev–Trinajstić information content (AvgIpc) is 3.02. The fourth-order valence-corrected chi connectivity index (χ4v) is 3.19. The number of ether oxygens (including phenoxy) is 1. The Morgan fingerprint density at radius 3 is 2.55 bits per heavy atom. The Hall–Kier alpha value is -4.01. The number of rotatable bonds is 4. The second-order valence-electron chi connectivity index (χ2n) is 6.34. The van der Waals surface area contributed by atoms with Crippen molar-refractivity contribution < 1.29 is 18.4 Å². The van der Waals surface area contributed by atoms with Gasteiger partial charge in [0.2, 0.25) is 0 Å². The summed E-state index contributed by atoms with van der Waals surface area (Å²) in [7, 11) is 1.67. The van der Waals surface area contributed by atoms with Gasteiger partial charge in [-0.05, 0) is 24.3 Å². The minimum atomic E-state index is -0.913. The summed E-state index contributed by atoms with van der Waals surface area (Å²) in [6, 6.07) is 8.35. The molecule has 9 heteroatoms. The van der Waals surface area contributed by atoms with Crippen molar-refractivity contribution in [1.29, 1.82) is 0 Å². The number of pyridine rings is 1. The Kier molecular flexibility index (Phi) is 4.34. The number of halogens is 2. The van der Waals surface area contributed by atoms with E-state index in [1.165, 1.54) is 24.4 Å². The maximum Gasteiger partial charge on any atom is 0.272 e. The van der Waals surface area contributed by atoms with Crippen LogP contribution in [-0.4, -0.2) is 14.5 Å². The van der Waals surface area contributed by atoms with Gasteiger partial charge in [0.15, 0.2) is 11.6 Å². The lowest BCUT2D eigenvalue weighted by atomic mass is 10.0. The summed E-state index contributed by atoms with van der Waals surface area (Å²) in [5.41, 5.74) is 0.629. The molecule has 0 bridgehead atoms. The van der Waals surface area contributed by atoms with Crippen molar-refractivity contribution in [3.63, 3.8) is 0 Å². The summed E-state index contributed by atoms with van der Waals surface area (Å²) < 4.78 is 34.4. The molecule has 0 unspecified atom stereocenters. The van der Waals surface area contributed by atoms with Gasteiger partial charge in [-0.15, -0.1) is 0 Å². The Balaban J connectivity index is 1.94. The van der Waals surface area contributed by atoms with E-state index < -0.39 is 16.6 Å². The van der Waals surface area contributed by atoms with Crippen LogP contribution in [0.15, 0.2) is 59.7 Å². The lowest BCUT2D eigenvalue weighted by Gasteiger charge is -2.11. The zero-order valence-corrected chi connectivity index (χ0v) is 15.0. The predicted octanol–water partition coefficient (Wildman–Crippen LogP) is 4.51. The number of non-ortho nitro benzene ring substituents is 1. The summed E-state index contributed by atoms with van der Waals surface area (Å²) in [6.45, 7) is 0. The lowest BCUT2D eigenvalue weighted by molar-refractivity contribution is -0.384. The van der Waals surface area contributed by atoms with Crippen molar-refractivity contribution in [1.82, 2.24) is 9.55 Å². The zero-order chi connectivity index (χ0) is 20.7. The quantitative estimate of drug-likeness (QED) is 0.405. The molecule has 0 atom stereocenters. The second-order valence-corrected chi connectivity index (χ2v) is 6.34. The molecule has 4 rings (SSSR count). The molecule has 2 heterocycles. The van der Waals surface area contributed by atoms with Gasteiger partial charge in [-0.2, -0.15) is 0 Å². The molecule has 146 valence electrons. The third-order valence-electron chi connectivity index (χ3n) is 4.48. The first-order valence-electron chi connectivity index (χ1n) is 8.43. The maximum atomic E-state index is 14.1. The molecule has 0 saturated carbocycles. The molecule has 0 aliphatic rings. The van der Waals surface area contributed by atoms with Crippen LogP contribution in [0.4, 0.5) is 14.5 Å². The summed E-state index contributed by atoms with van der Waals surface area (Å²) in [5, 5.41) is 11.8. The van der Waals surface area contributed by atoms with Crippen LogP contribution in [-0.2, 0) is 7.05 Å². The molecule has 0 fully saturated rings. The Morgan fingerprint density at radius 1 is 1.07 bits per heavy atom. The zero-order valence-electron chi connectivity index (χ0n) is 15.0. The number of nitro groups is 1. The molecule has 4 aromatic rings. The van der Waals surface area contributed by atoms with Crippen molar-refractivity contribution in [3.8, 4) is 22.6 Å². The molecule has 0 aliphatic heterocycles. The van der Waals surface area contributed by atoms with E-state index >= 15 is 0 Å². The van der Waals surface area contributed by atoms with Gasteiger partial charge in [-0.1, -0.05) is 0 Å². The third-order valence-corrected chi connectivity index (χ3v) is 4.48. The van der Waals surface area contributed by atoms with Crippen molar-refractivity contribution in [3.05, 3.63) is 87.0 Å². The van der Waals surface area contributed by atoms with Crippen molar-refractivity contribution in [2.24, 2.45) is 7.05 Å². The summed E-state index contributed by atoms with van der Waals surface area (Å²) in [5.74, 6) is -1.79. The molecule has 1 N–H and O–H groups in total. The molecule has 7 nitrogen and oxygen atoms in total. The van der Waals surface area contributed by atoms with E-state index in [0.29, 0.717) is 28.1 Å². The average molecular weight is 397 g/mol. The van der Waals surface area contributed by atoms with E-state index in [4.69, 9.17) is 4.74 Å². The van der Waals surface area contributed by atoms with E-state index in [1.807, 2.05) is 0 Å². The topological polar surface area (TPSA) is 90.2 Å². The first-order chi connectivity index (χ1) is 13.8. The first kappa shape index (κ1) is 18.4. The molecule has 2 aromatic heterocycles. The number of aryl methyl sites for hydroxylation is 1.